The van der Waals surface area contributed by atoms with E-state index < -0.39 is 0 Å². The number of aryl methyl sites for hydroxylation is 1. The van der Waals surface area contributed by atoms with E-state index in [0.29, 0.717) is 13.1 Å². The Morgan fingerprint density at radius 1 is 1.27 bits per heavy atom. The average Bonchev–Trinajstić information content (AvgIpc) is 3.34. The molecule has 22 heavy (non-hydrogen) atoms. The van der Waals surface area contributed by atoms with Gasteiger partial charge in [0.05, 0.1) is 11.6 Å². The molecule has 114 valence electrons. The first-order valence-electron chi connectivity index (χ1n) is 7.56. The van der Waals surface area contributed by atoms with Crippen molar-refractivity contribution >= 4 is 11.7 Å². The highest BCUT2D eigenvalue weighted by molar-refractivity contribution is 5.91. The van der Waals surface area contributed by atoms with Crippen LogP contribution in [0.5, 0.6) is 0 Å². The first-order chi connectivity index (χ1) is 10.7. The number of nitrogens with zero attached hydrogens (tertiary/aromatic N) is 2. The fraction of sp³-hybridized carbons (Fsp3) is 0.353. The van der Waals surface area contributed by atoms with Gasteiger partial charge in [-0.1, -0.05) is 29.8 Å². The van der Waals surface area contributed by atoms with Gasteiger partial charge in [0.15, 0.2) is 0 Å². The number of nitrogens with one attached hydrogen (secondary N) is 2. The summed E-state index contributed by atoms with van der Waals surface area (Å²) >= 11 is 0. The van der Waals surface area contributed by atoms with Crippen LogP contribution in [-0.2, 0) is 10.2 Å². The highest BCUT2D eigenvalue weighted by Crippen LogP contribution is 2.48. The van der Waals surface area contributed by atoms with Crippen molar-refractivity contribution < 1.29 is 4.79 Å². The van der Waals surface area contributed by atoms with Crippen LogP contribution in [-0.4, -0.2) is 29.0 Å². The molecule has 2 aromatic rings. The fourth-order valence-electron chi connectivity index (χ4n) is 2.64. The second-order valence-electron chi connectivity index (χ2n) is 5.72. The molecule has 5 heteroatoms. The van der Waals surface area contributed by atoms with E-state index in [0.717, 1.165) is 24.2 Å². The minimum atomic E-state index is -0.307. The van der Waals surface area contributed by atoms with Crippen molar-refractivity contribution in [2.75, 3.05) is 18.4 Å². The predicted octanol–water partition coefficient (Wildman–Crippen LogP) is 2.04. The van der Waals surface area contributed by atoms with Crippen LogP contribution in [0, 0.1) is 6.92 Å². The molecule has 0 atom stereocenters. The minimum Gasteiger partial charge on any atom is -0.367 e. The second kappa shape index (κ2) is 6.13. The molecule has 0 radical (unpaired) electrons. The van der Waals surface area contributed by atoms with Gasteiger partial charge in [0.25, 0.3) is 0 Å². The Balaban J connectivity index is 1.52. The van der Waals surface area contributed by atoms with E-state index in [-0.39, 0.29) is 11.3 Å². The van der Waals surface area contributed by atoms with Crippen LogP contribution in [0.2, 0.25) is 0 Å². The molecular weight excluding hydrogens is 276 g/mol. The van der Waals surface area contributed by atoms with Gasteiger partial charge in [-0.3, -0.25) is 9.78 Å². The molecule has 1 aliphatic carbocycles. The Hall–Kier alpha value is -2.43. The van der Waals surface area contributed by atoms with Crippen LogP contribution < -0.4 is 10.6 Å². The average molecular weight is 296 g/mol. The van der Waals surface area contributed by atoms with E-state index in [4.69, 9.17) is 0 Å². The molecule has 5 nitrogen and oxygen atoms in total. The van der Waals surface area contributed by atoms with Crippen molar-refractivity contribution in [1.29, 1.82) is 0 Å². The molecule has 0 aliphatic heterocycles. The smallest absolute Gasteiger partial charge is 0.230 e. The molecule has 1 saturated carbocycles. The number of hydrogen-bond acceptors (Lipinski definition) is 4. The van der Waals surface area contributed by atoms with E-state index in [9.17, 15) is 4.79 Å². The quantitative estimate of drug-likeness (QED) is 0.801. The lowest BCUT2D eigenvalue weighted by Gasteiger charge is -2.16. The zero-order chi connectivity index (χ0) is 15.4. The molecule has 1 fully saturated rings. The molecule has 1 aromatic heterocycles. The summed E-state index contributed by atoms with van der Waals surface area (Å²) < 4.78 is 0. The Morgan fingerprint density at radius 2 is 2.14 bits per heavy atom. The summed E-state index contributed by atoms with van der Waals surface area (Å²) in [6.45, 7) is 3.26. The van der Waals surface area contributed by atoms with E-state index in [2.05, 4.69) is 45.7 Å². The minimum absolute atomic E-state index is 0.124. The Labute approximate surface area is 130 Å². The lowest BCUT2D eigenvalue weighted by atomic mass is 9.93. The summed E-state index contributed by atoms with van der Waals surface area (Å²) in [6, 6.07) is 8.25. The number of carbonyl (C=O) groups is 1. The van der Waals surface area contributed by atoms with Crippen LogP contribution in [0.3, 0.4) is 0 Å². The topological polar surface area (TPSA) is 66.9 Å². The third kappa shape index (κ3) is 3.08. The summed E-state index contributed by atoms with van der Waals surface area (Å²) in [5.41, 5.74) is 2.02. The molecule has 1 aliphatic rings. The maximum Gasteiger partial charge on any atom is 0.230 e. The van der Waals surface area contributed by atoms with Crippen molar-refractivity contribution in [2.24, 2.45) is 0 Å². The number of rotatable bonds is 6. The number of benzene rings is 1. The van der Waals surface area contributed by atoms with Crippen LogP contribution in [0.4, 0.5) is 5.82 Å². The van der Waals surface area contributed by atoms with Gasteiger partial charge >= 0.3 is 0 Å². The molecule has 0 saturated heterocycles. The SMILES string of the molecule is Cc1cccc(C2(C(=O)NCCNc3cnccn3)CC2)c1. The highest BCUT2D eigenvalue weighted by atomic mass is 16.2. The predicted molar refractivity (Wildman–Crippen MR) is 85.6 cm³/mol. The van der Waals surface area contributed by atoms with Crippen molar-refractivity contribution in [2.45, 2.75) is 25.2 Å². The maximum absolute atomic E-state index is 12.5. The molecular formula is C17H20N4O. The summed E-state index contributed by atoms with van der Waals surface area (Å²) in [6.07, 6.45) is 6.79. The van der Waals surface area contributed by atoms with Gasteiger partial charge < -0.3 is 10.6 Å². The lowest BCUT2D eigenvalue weighted by Crippen LogP contribution is -2.37. The number of aromatic nitrogens is 2. The van der Waals surface area contributed by atoms with Crippen molar-refractivity contribution in [1.82, 2.24) is 15.3 Å². The first-order valence-corrected chi connectivity index (χ1v) is 7.56. The number of amides is 1. The summed E-state index contributed by atoms with van der Waals surface area (Å²) in [7, 11) is 0. The molecule has 0 spiro atoms. The van der Waals surface area contributed by atoms with Gasteiger partial charge in [-0.2, -0.15) is 0 Å². The summed E-state index contributed by atoms with van der Waals surface area (Å²) in [4.78, 5) is 20.6. The zero-order valence-corrected chi connectivity index (χ0v) is 12.7. The Kier molecular flexibility index (Phi) is 4.04. The molecule has 0 bridgehead atoms. The number of hydrogen-bond donors (Lipinski definition) is 2. The van der Waals surface area contributed by atoms with E-state index in [1.807, 2.05) is 6.07 Å². The van der Waals surface area contributed by atoms with Crippen LogP contribution in [0.15, 0.2) is 42.9 Å². The van der Waals surface area contributed by atoms with E-state index in [1.165, 1.54) is 5.56 Å². The third-order valence-corrected chi connectivity index (χ3v) is 4.04. The van der Waals surface area contributed by atoms with Gasteiger partial charge in [0, 0.05) is 25.5 Å². The van der Waals surface area contributed by atoms with Crippen molar-refractivity contribution in [3.63, 3.8) is 0 Å². The fourth-order valence-corrected chi connectivity index (χ4v) is 2.64. The maximum atomic E-state index is 12.5. The molecule has 1 amide bonds. The number of carbonyl (C=O) groups excluding carboxylic acids is 1. The molecule has 1 heterocycles. The van der Waals surface area contributed by atoms with Crippen LogP contribution >= 0.6 is 0 Å². The van der Waals surface area contributed by atoms with Gasteiger partial charge in [0.2, 0.25) is 5.91 Å². The van der Waals surface area contributed by atoms with Gasteiger partial charge in [-0.15, -0.1) is 0 Å². The van der Waals surface area contributed by atoms with Gasteiger partial charge in [-0.05, 0) is 25.3 Å². The molecule has 1 aromatic carbocycles. The zero-order valence-electron chi connectivity index (χ0n) is 12.7. The van der Waals surface area contributed by atoms with Crippen LogP contribution in [0.25, 0.3) is 0 Å². The van der Waals surface area contributed by atoms with Gasteiger partial charge in [0.1, 0.15) is 5.82 Å². The molecule has 3 rings (SSSR count). The van der Waals surface area contributed by atoms with E-state index >= 15 is 0 Å². The molecule has 2 N–H and O–H groups in total. The second-order valence-corrected chi connectivity index (χ2v) is 5.72. The van der Waals surface area contributed by atoms with Crippen molar-refractivity contribution in [3.8, 4) is 0 Å². The normalized spacial score (nSPS) is 15.1. The van der Waals surface area contributed by atoms with E-state index in [1.54, 1.807) is 18.6 Å². The van der Waals surface area contributed by atoms with Crippen LogP contribution in [0.1, 0.15) is 24.0 Å². The largest absolute Gasteiger partial charge is 0.367 e. The Morgan fingerprint density at radius 3 is 2.82 bits per heavy atom. The Bertz CT molecular complexity index is 653. The van der Waals surface area contributed by atoms with Gasteiger partial charge in [-0.25, -0.2) is 4.98 Å². The van der Waals surface area contributed by atoms with Crippen molar-refractivity contribution in [3.05, 3.63) is 54.0 Å². The lowest BCUT2D eigenvalue weighted by molar-refractivity contribution is -0.123. The monoisotopic (exact) mass is 296 g/mol. The standard InChI is InChI=1S/C17H20N4O/c1-13-3-2-4-14(11-13)17(5-6-17)16(22)21-10-9-20-15-12-18-7-8-19-15/h2-4,7-8,11-12H,5-6,9-10H2,1H3,(H,19,20)(H,21,22). The third-order valence-electron chi connectivity index (χ3n) is 4.04. The highest BCUT2D eigenvalue weighted by Gasteiger charge is 2.50. The molecule has 0 unspecified atom stereocenters. The first kappa shape index (κ1) is 14.5. The number of anilines is 1. The summed E-state index contributed by atoms with van der Waals surface area (Å²) in [5.74, 6) is 0.843. The summed E-state index contributed by atoms with van der Waals surface area (Å²) in [5, 5.41) is 6.16.